The van der Waals surface area contributed by atoms with Gasteiger partial charge in [-0.25, -0.2) is 0 Å². The van der Waals surface area contributed by atoms with E-state index >= 15 is 0 Å². The third-order valence-electron chi connectivity index (χ3n) is 6.63. The molecule has 0 bridgehead atoms. The van der Waals surface area contributed by atoms with E-state index in [1.807, 2.05) is 11.3 Å². The summed E-state index contributed by atoms with van der Waals surface area (Å²) >= 11 is 1.87. The standard InChI is InChI=1S/C32H20S/c1-2-6-22-17-23(10-9-21(22)5-1)24-11-12-26-19-27(14-13-25(26)18-24)28-15-16-32-30(20-28)29-7-3-4-8-31(29)33-32/h1-20H. The van der Waals surface area contributed by atoms with Crippen molar-refractivity contribution >= 4 is 53.1 Å². The molecule has 1 heterocycles. The van der Waals surface area contributed by atoms with E-state index in [1.54, 1.807) is 0 Å². The lowest BCUT2D eigenvalue weighted by Gasteiger charge is -2.08. The van der Waals surface area contributed by atoms with Crippen molar-refractivity contribution in [3.8, 4) is 22.3 Å². The summed E-state index contributed by atoms with van der Waals surface area (Å²) in [6.07, 6.45) is 0. The van der Waals surface area contributed by atoms with Crippen LogP contribution in [0.15, 0.2) is 121 Å². The first-order chi connectivity index (χ1) is 16.3. The third kappa shape index (κ3) is 3.13. The predicted octanol–water partition coefficient (Wildman–Crippen LogP) is 9.69. The van der Waals surface area contributed by atoms with Gasteiger partial charge in [-0.1, -0.05) is 84.9 Å². The summed E-state index contributed by atoms with van der Waals surface area (Å²) in [6.45, 7) is 0. The zero-order valence-electron chi connectivity index (χ0n) is 18.0. The number of hydrogen-bond donors (Lipinski definition) is 0. The molecule has 0 spiro atoms. The maximum atomic E-state index is 2.35. The topological polar surface area (TPSA) is 0 Å². The third-order valence-corrected chi connectivity index (χ3v) is 7.78. The summed E-state index contributed by atoms with van der Waals surface area (Å²) in [7, 11) is 0. The van der Waals surface area contributed by atoms with E-state index in [9.17, 15) is 0 Å². The highest BCUT2D eigenvalue weighted by atomic mass is 32.1. The smallest absolute Gasteiger partial charge is 0.0355 e. The molecule has 0 aliphatic carbocycles. The molecule has 0 nitrogen and oxygen atoms in total. The van der Waals surface area contributed by atoms with Gasteiger partial charge in [0.15, 0.2) is 0 Å². The second kappa shape index (κ2) is 7.30. The van der Waals surface area contributed by atoms with Crippen molar-refractivity contribution in [1.82, 2.24) is 0 Å². The average Bonchev–Trinajstić information content (AvgIpc) is 3.26. The van der Waals surface area contributed by atoms with Gasteiger partial charge in [0.05, 0.1) is 0 Å². The van der Waals surface area contributed by atoms with Crippen LogP contribution in [0, 0.1) is 0 Å². The van der Waals surface area contributed by atoms with Crippen LogP contribution in [0.4, 0.5) is 0 Å². The fourth-order valence-electron chi connectivity index (χ4n) is 4.88. The number of thiophene rings is 1. The lowest BCUT2D eigenvalue weighted by Crippen LogP contribution is -1.82. The quantitative estimate of drug-likeness (QED) is 0.253. The molecule has 33 heavy (non-hydrogen) atoms. The molecule has 1 aromatic heterocycles. The number of hydrogen-bond acceptors (Lipinski definition) is 1. The molecule has 0 unspecified atom stereocenters. The van der Waals surface area contributed by atoms with E-state index in [2.05, 4.69) is 121 Å². The van der Waals surface area contributed by atoms with Gasteiger partial charge in [-0.15, -0.1) is 11.3 Å². The molecular formula is C32H20S. The van der Waals surface area contributed by atoms with Crippen LogP contribution in [0.25, 0.3) is 64.0 Å². The highest BCUT2D eigenvalue weighted by Gasteiger charge is 2.08. The average molecular weight is 437 g/mol. The van der Waals surface area contributed by atoms with Crippen LogP contribution in [0.3, 0.4) is 0 Å². The Bertz CT molecular complexity index is 1820. The van der Waals surface area contributed by atoms with Crippen LogP contribution >= 0.6 is 11.3 Å². The molecule has 0 saturated carbocycles. The van der Waals surface area contributed by atoms with Gasteiger partial charge >= 0.3 is 0 Å². The van der Waals surface area contributed by atoms with Gasteiger partial charge in [0.25, 0.3) is 0 Å². The number of rotatable bonds is 2. The van der Waals surface area contributed by atoms with Gasteiger partial charge in [-0.3, -0.25) is 0 Å². The van der Waals surface area contributed by atoms with E-state index in [1.165, 1.54) is 64.0 Å². The Kier molecular flexibility index (Phi) is 4.12. The summed E-state index contributed by atoms with van der Waals surface area (Å²) in [5.41, 5.74) is 5.05. The van der Waals surface area contributed by atoms with Crippen molar-refractivity contribution in [1.29, 1.82) is 0 Å². The minimum absolute atomic E-state index is 1.26. The fraction of sp³-hybridized carbons (Fsp3) is 0. The summed E-state index contributed by atoms with van der Waals surface area (Å²) in [6, 6.07) is 44.4. The maximum Gasteiger partial charge on any atom is 0.0355 e. The van der Waals surface area contributed by atoms with Gasteiger partial charge < -0.3 is 0 Å². The van der Waals surface area contributed by atoms with Crippen LogP contribution in [-0.2, 0) is 0 Å². The minimum Gasteiger partial charge on any atom is -0.135 e. The lowest BCUT2D eigenvalue weighted by atomic mass is 9.96. The van der Waals surface area contributed by atoms with Crippen molar-refractivity contribution in [2.45, 2.75) is 0 Å². The molecule has 0 atom stereocenters. The van der Waals surface area contributed by atoms with Gasteiger partial charge in [-0.2, -0.15) is 0 Å². The van der Waals surface area contributed by atoms with E-state index in [-0.39, 0.29) is 0 Å². The summed E-state index contributed by atoms with van der Waals surface area (Å²) in [5.74, 6) is 0. The van der Waals surface area contributed by atoms with Gasteiger partial charge in [0, 0.05) is 20.2 Å². The van der Waals surface area contributed by atoms with Crippen LogP contribution in [0.2, 0.25) is 0 Å². The highest BCUT2D eigenvalue weighted by Crippen LogP contribution is 2.37. The minimum atomic E-state index is 1.26. The Morgan fingerprint density at radius 3 is 1.55 bits per heavy atom. The first-order valence-electron chi connectivity index (χ1n) is 11.3. The largest absolute Gasteiger partial charge is 0.135 e. The summed E-state index contributed by atoms with van der Waals surface area (Å²) in [4.78, 5) is 0. The molecule has 6 aromatic carbocycles. The maximum absolute atomic E-state index is 2.35. The van der Waals surface area contributed by atoms with Crippen molar-refractivity contribution in [2.24, 2.45) is 0 Å². The normalized spacial score (nSPS) is 11.6. The van der Waals surface area contributed by atoms with Crippen LogP contribution in [-0.4, -0.2) is 0 Å². The van der Waals surface area contributed by atoms with Crippen LogP contribution in [0.1, 0.15) is 0 Å². The van der Waals surface area contributed by atoms with Crippen LogP contribution < -0.4 is 0 Å². The Balaban J connectivity index is 1.31. The molecule has 1 heteroatoms. The number of benzene rings is 6. The molecule has 154 valence electrons. The monoisotopic (exact) mass is 436 g/mol. The van der Waals surface area contributed by atoms with Crippen molar-refractivity contribution in [3.05, 3.63) is 121 Å². The van der Waals surface area contributed by atoms with Gasteiger partial charge in [0.2, 0.25) is 0 Å². The first kappa shape index (κ1) is 18.6. The predicted molar refractivity (Wildman–Crippen MR) is 145 cm³/mol. The lowest BCUT2D eigenvalue weighted by molar-refractivity contribution is 1.66. The zero-order chi connectivity index (χ0) is 21.8. The second-order valence-corrected chi connectivity index (χ2v) is 9.73. The fourth-order valence-corrected chi connectivity index (χ4v) is 5.97. The van der Waals surface area contributed by atoms with E-state index in [4.69, 9.17) is 0 Å². The Hall–Kier alpha value is -3.94. The molecular weight excluding hydrogens is 416 g/mol. The Labute approximate surface area is 196 Å². The molecule has 0 radical (unpaired) electrons. The molecule has 7 rings (SSSR count). The van der Waals surface area contributed by atoms with Crippen molar-refractivity contribution < 1.29 is 0 Å². The Morgan fingerprint density at radius 2 is 0.818 bits per heavy atom. The van der Waals surface area contributed by atoms with Crippen molar-refractivity contribution in [3.63, 3.8) is 0 Å². The number of fused-ring (bicyclic) bond motifs is 5. The van der Waals surface area contributed by atoms with E-state index in [0.29, 0.717) is 0 Å². The zero-order valence-corrected chi connectivity index (χ0v) is 18.8. The van der Waals surface area contributed by atoms with E-state index < -0.39 is 0 Å². The molecule has 7 aromatic rings. The summed E-state index contributed by atoms with van der Waals surface area (Å²) in [5, 5.41) is 7.79. The first-order valence-corrected chi connectivity index (χ1v) is 12.1. The van der Waals surface area contributed by atoms with Crippen molar-refractivity contribution in [2.75, 3.05) is 0 Å². The van der Waals surface area contributed by atoms with Gasteiger partial charge in [-0.05, 0) is 80.2 Å². The molecule has 0 aliphatic rings. The Morgan fingerprint density at radius 1 is 0.333 bits per heavy atom. The highest BCUT2D eigenvalue weighted by molar-refractivity contribution is 7.25. The molecule has 0 amide bonds. The molecule has 0 fully saturated rings. The molecule has 0 aliphatic heterocycles. The van der Waals surface area contributed by atoms with Crippen LogP contribution in [0.5, 0.6) is 0 Å². The molecule has 0 N–H and O–H groups in total. The summed E-state index contributed by atoms with van der Waals surface area (Å²) < 4.78 is 2.70. The molecule has 0 saturated heterocycles. The van der Waals surface area contributed by atoms with E-state index in [0.717, 1.165) is 0 Å². The SMILES string of the molecule is c1ccc2cc(-c3ccc4cc(-c5ccc6sc7ccccc7c6c5)ccc4c3)ccc2c1. The van der Waals surface area contributed by atoms with Gasteiger partial charge in [0.1, 0.15) is 0 Å². The second-order valence-electron chi connectivity index (χ2n) is 8.65.